The van der Waals surface area contributed by atoms with Crippen molar-refractivity contribution in [2.75, 3.05) is 12.4 Å². The maximum Gasteiger partial charge on any atom is 0.411 e. The Morgan fingerprint density at radius 2 is 2.29 bits per heavy atom. The summed E-state index contributed by atoms with van der Waals surface area (Å²) in [7, 11) is 1.32. The molecule has 1 amide bonds. The van der Waals surface area contributed by atoms with Crippen molar-refractivity contribution in [1.82, 2.24) is 0 Å². The molecule has 0 aliphatic rings. The molecule has 3 nitrogen and oxygen atoms in total. The molecule has 0 aromatic heterocycles. The highest BCUT2D eigenvalue weighted by Crippen LogP contribution is 2.19. The number of methoxy groups -OCH3 is 1. The number of alkyl halides is 1. The highest BCUT2D eigenvalue weighted by atomic mass is 35.5. The van der Waals surface area contributed by atoms with Gasteiger partial charge in [0.25, 0.3) is 0 Å². The van der Waals surface area contributed by atoms with Gasteiger partial charge < -0.3 is 4.74 Å². The third-order valence-electron chi connectivity index (χ3n) is 1.83. The molecule has 0 atom stereocenters. The van der Waals surface area contributed by atoms with Gasteiger partial charge in [-0.3, -0.25) is 5.32 Å². The van der Waals surface area contributed by atoms with Crippen LogP contribution in [0.15, 0.2) is 18.2 Å². The second kappa shape index (κ2) is 4.86. The number of ether oxygens (including phenoxy) is 1. The summed E-state index contributed by atoms with van der Waals surface area (Å²) in [6, 6.07) is 5.64. The predicted octanol–water partition coefficient (Wildman–Crippen LogP) is 2.91. The van der Waals surface area contributed by atoms with E-state index in [0.29, 0.717) is 11.6 Å². The molecular weight excluding hydrogens is 202 g/mol. The molecule has 1 N–H and O–H groups in total. The summed E-state index contributed by atoms with van der Waals surface area (Å²) >= 11 is 5.74. The van der Waals surface area contributed by atoms with Gasteiger partial charge in [-0.1, -0.05) is 17.7 Å². The predicted molar refractivity (Wildman–Crippen MR) is 56.8 cm³/mol. The number of hydrogen-bond donors (Lipinski definition) is 1. The maximum atomic E-state index is 11.0. The van der Waals surface area contributed by atoms with Crippen LogP contribution in [0, 0.1) is 6.92 Å². The Kier molecular flexibility index (Phi) is 3.77. The Labute approximate surface area is 88.0 Å². The van der Waals surface area contributed by atoms with Gasteiger partial charge in [-0.2, -0.15) is 0 Å². The number of carbonyl (C=O) groups is 1. The molecule has 0 fully saturated rings. The monoisotopic (exact) mass is 213 g/mol. The lowest BCUT2D eigenvalue weighted by Gasteiger charge is -2.08. The van der Waals surface area contributed by atoms with Crippen molar-refractivity contribution in [3.63, 3.8) is 0 Å². The van der Waals surface area contributed by atoms with E-state index in [4.69, 9.17) is 11.6 Å². The van der Waals surface area contributed by atoms with Gasteiger partial charge in [0.05, 0.1) is 7.11 Å². The molecule has 1 aromatic rings. The highest BCUT2D eigenvalue weighted by Gasteiger charge is 2.05. The van der Waals surface area contributed by atoms with Gasteiger partial charge in [-0.05, 0) is 18.6 Å². The summed E-state index contributed by atoms with van der Waals surface area (Å²) in [5.41, 5.74) is 2.69. The quantitative estimate of drug-likeness (QED) is 0.768. The lowest BCUT2D eigenvalue weighted by Crippen LogP contribution is -2.12. The molecule has 1 rings (SSSR count). The summed E-state index contributed by atoms with van der Waals surface area (Å²) in [5, 5.41) is 2.59. The Hall–Kier alpha value is -1.22. The topological polar surface area (TPSA) is 38.3 Å². The van der Waals surface area contributed by atoms with Crippen LogP contribution in [-0.2, 0) is 10.6 Å². The third kappa shape index (κ3) is 2.64. The number of aryl methyl sites for hydroxylation is 1. The van der Waals surface area contributed by atoms with Gasteiger partial charge in [-0.25, -0.2) is 4.79 Å². The van der Waals surface area contributed by atoms with Crippen molar-refractivity contribution in [3.8, 4) is 0 Å². The van der Waals surface area contributed by atoms with E-state index in [0.717, 1.165) is 11.1 Å². The van der Waals surface area contributed by atoms with E-state index < -0.39 is 6.09 Å². The molecule has 0 saturated heterocycles. The summed E-state index contributed by atoms with van der Waals surface area (Å²) < 4.78 is 4.49. The van der Waals surface area contributed by atoms with Crippen LogP contribution < -0.4 is 5.32 Å². The van der Waals surface area contributed by atoms with E-state index in [1.54, 1.807) is 0 Å². The smallest absolute Gasteiger partial charge is 0.411 e. The number of halogens is 1. The zero-order valence-corrected chi connectivity index (χ0v) is 8.89. The minimum absolute atomic E-state index is 0.362. The molecule has 4 heteroatoms. The molecule has 0 bridgehead atoms. The zero-order valence-electron chi connectivity index (χ0n) is 8.13. The largest absolute Gasteiger partial charge is 0.453 e. The molecule has 0 spiro atoms. The van der Waals surface area contributed by atoms with E-state index in [1.807, 2.05) is 25.1 Å². The number of hydrogen-bond acceptors (Lipinski definition) is 2. The first-order valence-corrected chi connectivity index (χ1v) is 4.71. The van der Waals surface area contributed by atoms with Crippen LogP contribution in [0.4, 0.5) is 10.5 Å². The van der Waals surface area contributed by atoms with Crippen LogP contribution in [0.25, 0.3) is 0 Å². The first-order valence-electron chi connectivity index (χ1n) is 4.18. The van der Waals surface area contributed by atoms with Crippen molar-refractivity contribution in [2.24, 2.45) is 0 Å². The molecule has 0 aliphatic carbocycles. The average Bonchev–Trinajstić information content (AvgIpc) is 2.20. The molecular formula is C10H12ClNO2. The maximum absolute atomic E-state index is 11.0. The fourth-order valence-corrected chi connectivity index (χ4v) is 1.34. The fourth-order valence-electron chi connectivity index (χ4n) is 1.12. The molecule has 0 aliphatic heterocycles. The van der Waals surface area contributed by atoms with Crippen LogP contribution >= 0.6 is 11.6 Å². The Balaban J connectivity index is 2.90. The van der Waals surface area contributed by atoms with Gasteiger partial charge >= 0.3 is 6.09 Å². The first-order chi connectivity index (χ1) is 6.67. The van der Waals surface area contributed by atoms with Crippen LogP contribution in [-0.4, -0.2) is 13.2 Å². The van der Waals surface area contributed by atoms with Crippen molar-refractivity contribution in [1.29, 1.82) is 0 Å². The van der Waals surface area contributed by atoms with E-state index in [2.05, 4.69) is 10.1 Å². The van der Waals surface area contributed by atoms with Crippen LogP contribution in [0.5, 0.6) is 0 Å². The normalized spacial score (nSPS) is 9.64. The van der Waals surface area contributed by atoms with E-state index in [9.17, 15) is 4.79 Å². The van der Waals surface area contributed by atoms with Crippen LogP contribution in [0.3, 0.4) is 0 Å². The Morgan fingerprint density at radius 1 is 1.57 bits per heavy atom. The van der Waals surface area contributed by atoms with Gasteiger partial charge in [0.1, 0.15) is 0 Å². The van der Waals surface area contributed by atoms with Gasteiger partial charge in [-0.15, -0.1) is 11.6 Å². The summed E-state index contributed by atoms with van der Waals surface area (Å²) in [4.78, 5) is 11.0. The molecule has 0 radical (unpaired) electrons. The second-order valence-corrected chi connectivity index (χ2v) is 3.18. The highest BCUT2D eigenvalue weighted by molar-refractivity contribution is 6.17. The number of benzene rings is 1. The number of carbonyl (C=O) groups excluding carboxylic acids is 1. The standard InChI is InChI=1S/C10H12ClNO2/c1-7-3-4-9(8(5-7)6-11)12-10(13)14-2/h3-5H,6H2,1-2H3,(H,12,13). The fraction of sp³-hybridized carbons (Fsp3) is 0.300. The van der Waals surface area contributed by atoms with Crippen molar-refractivity contribution >= 4 is 23.4 Å². The van der Waals surface area contributed by atoms with Crippen molar-refractivity contribution in [3.05, 3.63) is 29.3 Å². The van der Waals surface area contributed by atoms with Gasteiger partial charge in [0, 0.05) is 11.6 Å². The Bertz CT molecular complexity index is 339. The first kappa shape index (κ1) is 10.9. The molecule has 76 valence electrons. The van der Waals surface area contributed by atoms with Crippen molar-refractivity contribution < 1.29 is 9.53 Å². The third-order valence-corrected chi connectivity index (χ3v) is 2.11. The summed E-state index contributed by atoms with van der Waals surface area (Å²) in [5.74, 6) is 0.362. The van der Waals surface area contributed by atoms with E-state index in [-0.39, 0.29) is 0 Å². The molecule has 0 saturated carbocycles. The molecule has 14 heavy (non-hydrogen) atoms. The number of amides is 1. The van der Waals surface area contributed by atoms with Gasteiger partial charge in [0.2, 0.25) is 0 Å². The molecule has 0 heterocycles. The minimum atomic E-state index is -0.486. The lowest BCUT2D eigenvalue weighted by molar-refractivity contribution is 0.187. The number of anilines is 1. The van der Waals surface area contributed by atoms with E-state index >= 15 is 0 Å². The van der Waals surface area contributed by atoms with Crippen LogP contribution in [0.1, 0.15) is 11.1 Å². The summed E-state index contributed by atoms with van der Waals surface area (Å²) in [6.07, 6.45) is -0.486. The minimum Gasteiger partial charge on any atom is -0.453 e. The van der Waals surface area contributed by atoms with Crippen molar-refractivity contribution in [2.45, 2.75) is 12.8 Å². The Morgan fingerprint density at radius 3 is 2.86 bits per heavy atom. The average molecular weight is 214 g/mol. The SMILES string of the molecule is COC(=O)Nc1ccc(C)cc1CCl. The van der Waals surface area contributed by atoms with Gasteiger partial charge in [0.15, 0.2) is 0 Å². The number of rotatable bonds is 2. The number of nitrogens with one attached hydrogen (secondary N) is 1. The second-order valence-electron chi connectivity index (χ2n) is 2.91. The molecule has 1 aromatic carbocycles. The molecule has 0 unspecified atom stereocenters. The summed E-state index contributed by atoms with van der Waals surface area (Å²) in [6.45, 7) is 1.97. The van der Waals surface area contributed by atoms with E-state index in [1.165, 1.54) is 7.11 Å². The van der Waals surface area contributed by atoms with Crippen LogP contribution in [0.2, 0.25) is 0 Å². The lowest BCUT2D eigenvalue weighted by atomic mass is 10.1. The zero-order chi connectivity index (χ0) is 10.6.